The number of anilines is 1. The van der Waals surface area contributed by atoms with Crippen molar-refractivity contribution >= 4 is 23.5 Å². The van der Waals surface area contributed by atoms with E-state index in [-0.39, 0.29) is 30.3 Å². The van der Waals surface area contributed by atoms with Crippen molar-refractivity contribution in [3.63, 3.8) is 0 Å². The van der Waals surface area contributed by atoms with E-state index in [9.17, 15) is 14.4 Å². The molecule has 2 atom stereocenters. The Bertz CT molecular complexity index is 646. The lowest BCUT2D eigenvalue weighted by atomic mass is 9.96. The van der Waals surface area contributed by atoms with Crippen molar-refractivity contribution in [2.75, 3.05) is 25.0 Å². The number of para-hydroxylation sites is 1. The number of fused-ring (bicyclic) bond motifs is 1. The van der Waals surface area contributed by atoms with Gasteiger partial charge in [-0.3, -0.25) is 9.59 Å². The maximum Gasteiger partial charge on any atom is 0.321 e. The molecule has 0 radical (unpaired) electrons. The Morgan fingerprint density at radius 1 is 1.21 bits per heavy atom. The molecule has 0 saturated carbocycles. The molecular weight excluding hydrogens is 308 g/mol. The molecule has 2 N–H and O–H groups in total. The fraction of sp³-hybridized carbons (Fsp3) is 0.471. The second kappa shape index (κ2) is 6.51. The van der Waals surface area contributed by atoms with E-state index in [2.05, 4.69) is 10.6 Å². The van der Waals surface area contributed by atoms with Gasteiger partial charge in [0.25, 0.3) is 0 Å². The van der Waals surface area contributed by atoms with Crippen LogP contribution in [0.5, 0.6) is 0 Å². The number of amides is 4. The zero-order valence-corrected chi connectivity index (χ0v) is 13.9. The van der Waals surface area contributed by atoms with Crippen molar-refractivity contribution in [2.24, 2.45) is 5.92 Å². The quantitative estimate of drug-likeness (QED) is 0.845. The molecule has 0 aliphatic carbocycles. The normalized spacial score (nSPS) is 23.8. The minimum absolute atomic E-state index is 0.0433. The summed E-state index contributed by atoms with van der Waals surface area (Å²) in [5.41, 5.74) is 0.703. The molecule has 4 amide bonds. The first-order chi connectivity index (χ1) is 11.5. The van der Waals surface area contributed by atoms with E-state index in [1.807, 2.05) is 32.0 Å². The van der Waals surface area contributed by atoms with Crippen LogP contribution in [0.1, 0.15) is 13.8 Å². The van der Waals surface area contributed by atoms with E-state index >= 15 is 0 Å². The monoisotopic (exact) mass is 330 g/mol. The van der Waals surface area contributed by atoms with Gasteiger partial charge in [-0.05, 0) is 18.1 Å². The number of nitrogens with zero attached hydrogens (tertiary/aromatic N) is 2. The summed E-state index contributed by atoms with van der Waals surface area (Å²) in [6.07, 6.45) is 0. The molecule has 3 rings (SSSR count). The smallest absolute Gasteiger partial charge is 0.321 e. The Hall–Kier alpha value is -2.57. The van der Waals surface area contributed by atoms with Gasteiger partial charge in [0, 0.05) is 18.8 Å². The first-order valence-corrected chi connectivity index (χ1v) is 8.19. The maximum absolute atomic E-state index is 12.5. The topological polar surface area (TPSA) is 81.8 Å². The van der Waals surface area contributed by atoms with Gasteiger partial charge >= 0.3 is 6.03 Å². The fourth-order valence-corrected chi connectivity index (χ4v) is 3.12. The number of nitrogens with one attached hydrogen (secondary N) is 2. The largest absolute Gasteiger partial charge is 0.342 e. The molecule has 0 bridgehead atoms. The van der Waals surface area contributed by atoms with Gasteiger partial charge in [0.1, 0.15) is 12.1 Å². The molecular formula is C17H22N4O3. The number of hydrogen-bond acceptors (Lipinski definition) is 3. The van der Waals surface area contributed by atoms with Gasteiger partial charge in [-0.25, -0.2) is 4.79 Å². The van der Waals surface area contributed by atoms with Crippen LogP contribution < -0.4 is 10.6 Å². The number of hydrogen-bond donors (Lipinski definition) is 2. The number of piperazine rings is 2. The highest BCUT2D eigenvalue weighted by molar-refractivity contribution is 5.98. The van der Waals surface area contributed by atoms with E-state index in [1.54, 1.807) is 21.9 Å². The summed E-state index contributed by atoms with van der Waals surface area (Å²) in [6, 6.07) is 7.82. The number of urea groups is 1. The van der Waals surface area contributed by atoms with Crippen LogP contribution in [0.4, 0.5) is 10.5 Å². The molecule has 2 aliphatic rings. The third-order valence-electron chi connectivity index (χ3n) is 4.51. The van der Waals surface area contributed by atoms with Gasteiger partial charge in [0.15, 0.2) is 0 Å². The molecule has 7 nitrogen and oxygen atoms in total. The van der Waals surface area contributed by atoms with Crippen LogP contribution in [0.2, 0.25) is 0 Å². The molecule has 1 aromatic rings. The fourth-order valence-electron chi connectivity index (χ4n) is 3.12. The Labute approximate surface area is 141 Å². The van der Waals surface area contributed by atoms with Gasteiger partial charge in [-0.15, -0.1) is 0 Å². The first kappa shape index (κ1) is 16.3. The second-order valence-electron chi connectivity index (χ2n) is 6.52. The van der Waals surface area contributed by atoms with Gasteiger partial charge in [-0.2, -0.15) is 0 Å². The van der Waals surface area contributed by atoms with Crippen molar-refractivity contribution in [1.82, 2.24) is 15.1 Å². The summed E-state index contributed by atoms with van der Waals surface area (Å²) in [5, 5.41) is 5.60. The van der Waals surface area contributed by atoms with E-state index in [1.165, 1.54) is 0 Å². The third kappa shape index (κ3) is 3.06. The summed E-state index contributed by atoms with van der Waals surface area (Å²) in [6.45, 7) is 4.82. The molecule has 0 aromatic heterocycles. The summed E-state index contributed by atoms with van der Waals surface area (Å²) in [4.78, 5) is 40.4. The zero-order chi connectivity index (χ0) is 17.3. The van der Waals surface area contributed by atoms with Crippen molar-refractivity contribution in [3.8, 4) is 0 Å². The van der Waals surface area contributed by atoms with E-state index in [0.717, 1.165) is 0 Å². The van der Waals surface area contributed by atoms with Crippen LogP contribution in [0.25, 0.3) is 0 Å². The molecule has 0 spiro atoms. The molecule has 24 heavy (non-hydrogen) atoms. The number of carbonyl (C=O) groups excluding carboxylic acids is 3. The predicted octanol–water partition coefficient (Wildman–Crippen LogP) is 0.886. The Morgan fingerprint density at radius 2 is 1.92 bits per heavy atom. The average Bonchev–Trinajstić information content (AvgIpc) is 2.58. The van der Waals surface area contributed by atoms with Crippen LogP contribution >= 0.6 is 0 Å². The van der Waals surface area contributed by atoms with Crippen LogP contribution in [0, 0.1) is 5.92 Å². The highest BCUT2D eigenvalue weighted by atomic mass is 16.2. The van der Waals surface area contributed by atoms with Crippen LogP contribution in [0.15, 0.2) is 30.3 Å². The Morgan fingerprint density at radius 3 is 2.58 bits per heavy atom. The summed E-state index contributed by atoms with van der Waals surface area (Å²) < 4.78 is 0. The molecule has 2 aliphatic heterocycles. The summed E-state index contributed by atoms with van der Waals surface area (Å²) in [7, 11) is 0. The summed E-state index contributed by atoms with van der Waals surface area (Å²) >= 11 is 0. The predicted molar refractivity (Wildman–Crippen MR) is 89.3 cm³/mol. The van der Waals surface area contributed by atoms with Gasteiger partial charge in [0.2, 0.25) is 11.8 Å². The lowest BCUT2D eigenvalue weighted by Gasteiger charge is -2.45. The van der Waals surface area contributed by atoms with Crippen molar-refractivity contribution < 1.29 is 14.4 Å². The Balaban J connectivity index is 1.67. The zero-order valence-electron chi connectivity index (χ0n) is 13.9. The average molecular weight is 330 g/mol. The second-order valence-corrected chi connectivity index (χ2v) is 6.52. The number of benzene rings is 1. The highest BCUT2D eigenvalue weighted by Crippen LogP contribution is 2.20. The molecule has 2 fully saturated rings. The van der Waals surface area contributed by atoms with Crippen LogP contribution in [0.3, 0.4) is 0 Å². The minimum Gasteiger partial charge on any atom is -0.342 e. The molecule has 2 heterocycles. The maximum atomic E-state index is 12.5. The number of rotatable bonds is 2. The third-order valence-corrected chi connectivity index (χ3v) is 4.51. The summed E-state index contributed by atoms with van der Waals surface area (Å²) in [5.74, 6) is -0.204. The van der Waals surface area contributed by atoms with Gasteiger partial charge < -0.3 is 20.4 Å². The highest BCUT2D eigenvalue weighted by Gasteiger charge is 2.45. The van der Waals surface area contributed by atoms with Crippen molar-refractivity contribution in [2.45, 2.75) is 25.9 Å². The van der Waals surface area contributed by atoms with Gasteiger partial charge in [-0.1, -0.05) is 32.0 Å². The van der Waals surface area contributed by atoms with Crippen molar-refractivity contribution in [3.05, 3.63) is 30.3 Å². The van der Waals surface area contributed by atoms with Crippen LogP contribution in [-0.4, -0.2) is 59.4 Å². The lowest BCUT2D eigenvalue weighted by Crippen LogP contribution is -2.70. The molecule has 0 unspecified atom stereocenters. The molecule has 128 valence electrons. The lowest BCUT2D eigenvalue weighted by molar-refractivity contribution is -0.153. The molecule has 7 heteroatoms. The SMILES string of the molecule is CC(C)[C@@H]1NC(=O)[C@H]2CN(C(=O)Nc3ccccc3)CCN2C1=O. The minimum atomic E-state index is -0.609. The van der Waals surface area contributed by atoms with Crippen molar-refractivity contribution in [1.29, 1.82) is 0 Å². The Kier molecular flexibility index (Phi) is 4.42. The first-order valence-electron chi connectivity index (χ1n) is 8.19. The molecule has 1 aromatic carbocycles. The van der Waals surface area contributed by atoms with Crippen LogP contribution in [-0.2, 0) is 9.59 Å². The van der Waals surface area contributed by atoms with E-state index in [4.69, 9.17) is 0 Å². The number of carbonyl (C=O) groups is 3. The molecule has 2 saturated heterocycles. The standard InChI is InChI=1S/C17H22N4O3/c1-11(2)14-16(23)21-9-8-20(10-13(21)15(22)19-14)17(24)18-12-6-4-3-5-7-12/h3-7,11,13-14H,8-10H2,1-2H3,(H,18,24)(H,19,22)/t13-,14+/m1/s1. The van der Waals surface area contributed by atoms with Gasteiger partial charge in [0.05, 0.1) is 6.54 Å². The van der Waals surface area contributed by atoms with E-state index in [0.29, 0.717) is 18.8 Å². The van der Waals surface area contributed by atoms with E-state index < -0.39 is 12.1 Å².